The molecule has 0 saturated carbocycles. The van der Waals surface area contributed by atoms with Gasteiger partial charge >= 0.3 is 37.7 Å². The average molecular weight is 151 g/mol. The summed E-state index contributed by atoms with van der Waals surface area (Å²) in [5.41, 5.74) is 5.98. The molecule has 0 radical (unpaired) electrons. The van der Waals surface area contributed by atoms with Crippen molar-refractivity contribution in [2.75, 3.05) is 5.73 Å². The van der Waals surface area contributed by atoms with Crippen molar-refractivity contribution in [3.63, 3.8) is 0 Å². The van der Waals surface area contributed by atoms with Crippen molar-refractivity contribution >= 4 is 43.4 Å². The molecular formula is C6H9CaNO. The maximum atomic E-state index is 8.70. The fourth-order valence-electron chi connectivity index (χ4n) is 0.474. The molecule has 46 valence electrons. The first kappa shape index (κ1) is 9.08. The van der Waals surface area contributed by atoms with Crippen molar-refractivity contribution in [3.8, 4) is 5.75 Å². The number of hydrogen-bond donors (Lipinski definition) is 2. The molecule has 1 rings (SSSR count). The van der Waals surface area contributed by atoms with Crippen LogP contribution in [0.25, 0.3) is 0 Å². The summed E-state index contributed by atoms with van der Waals surface area (Å²) in [4.78, 5) is 0. The minimum absolute atomic E-state index is 0. The van der Waals surface area contributed by atoms with E-state index in [0.29, 0.717) is 5.69 Å². The summed E-state index contributed by atoms with van der Waals surface area (Å²) in [5, 5.41) is 8.70. The average Bonchev–Trinajstić information content (AvgIpc) is 1.77. The van der Waals surface area contributed by atoms with Crippen LogP contribution >= 0.6 is 0 Å². The number of nitrogen functional groups attached to an aromatic ring is 1. The van der Waals surface area contributed by atoms with E-state index in [2.05, 4.69) is 0 Å². The van der Waals surface area contributed by atoms with Gasteiger partial charge in [0.05, 0.1) is 0 Å². The normalized spacial score (nSPS) is 8.00. The molecule has 0 aliphatic rings. The monoisotopic (exact) mass is 151 g/mol. The number of nitrogens with two attached hydrogens (primary N) is 1. The fraction of sp³-hybridized carbons (Fsp3) is 0. The first-order valence-electron chi connectivity index (χ1n) is 2.33. The second-order valence-electron chi connectivity index (χ2n) is 1.59. The molecule has 2 nitrogen and oxygen atoms in total. The zero-order chi connectivity index (χ0) is 5.98. The third-order valence-corrected chi connectivity index (χ3v) is 0.893. The van der Waals surface area contributed by atoms with Crippen molar-refractivity contribution in [1.29, 1.82) is 0 Å². The second-order valence-corrected chi connectivity index (χ2v) is 1.59. The molecule has 0 saturated heterocycles. The van der Waals surface area contributed by atoms with Crippen molar-refractivity contribution in [2.45, 2.75) is 0 Å². The molecule has 0 aliphatic heterocycles. The molecule has 1 aromatic carbocycles. The van der Waals surface area contributed by atoms with Gasteiger partial charge < -0.3 is 10.8 Å². The number of anilines is 1. The number of phenols is 1. The van der Waals surface area contributed by atoms with Gasteiger partial charge in [-0.2, -0.15) is 0 Å². The predicted octanol–water partition coefficient (Wildman–Crippen LogP) is 0.0582. The second kappa shape index (κ2) is 3.99. The van der Waals surface area contributed by atoms with Crippen LogP contribution in [0.5, 0.6) is 5.75 Å². The van der Waals surface area contributed by atoms with Crippen molar-refractivity contribution in [2.24, 2.45) is 0 Å². The minimum atomic E-state index is 0. The summed E-state index contributed by atoms with van der Waals surface area (Å²) >= 11 is 0. The van der Waals surface area contributed by atoms with Gasteiger partial charge in [0, 0.05) is 5.69 Å². The van der Waals surface area contributed by atoms with Crippen LogP contribution < -0.4 is 5.73 Å². The number of hydrogen-bond acceptors (Lipinski definition) is 2. The van der Waals surface area contributed by atoms with Crippen LogP contribution in [0, 0.1) is 0 Å². The van der Waals surface area contributed by atoms with Crippen LogP contribution in [-0.4, -0.2) is 42.8 Å². The van der Waals surface area contributed by atoms with Gasteiger partial charge in [0.1, 0.15) is 5.75 Å². The van der Waals surface area contributed by atoms with Crippen LogP contribution in [-0.2, 0) is 0 Å². The Morgan fingerprint density at radius 1 is 1.11 bits per heavy atom. The predicted molar refractivity (Wildman–Crippen MR) is 41.1 cm³/mol. The van der Waals surface area contributed by atoms with Gasteiger partial charge in [-0.15, -0.1) is 0 Å². The van der Waals surface area contributed by atoms with E-state index in [-0.39, 0.29) is 43.5 Å². The molecule has 0 heterocycles. The van der Waals surface area contributed by atoms with Gasteiger partial charge in [0.25, 0.3) is 0 Å². The molecule has 0 amide bonds. The van der Waals surface area contributed by atoms with Crippen molar-refractivity contribution in [1.82, 2.24) is 0 Å². The van der Waals surface area contributed by atoms with Gasteiger partial charge in [-0.25, -0.2) is 0 Å². The van der Waals surface area contributed by atoms with Crippen molar-refractivity contribution < 1.29 is 5.11 Å². The molecule has 0 bridgehead atoms. The van der Waals surface area contributed by atoms with Gasteiger partial charge in [-0.05, 0) is 24.3 Å². The van der Waals surface area contributed by atoms with Crippen LogP contribution in [0.2, 0.25) is 0 Å². The Morgan fingerprint density at radius 3 is 1.89 bits per heavy atom. The topological polar surface area (TPSA) is 46.2 Å². The summed E-state index contributed by atoms with van der Waals surface area (Å²) in [7, 11) is 0. The molecule has 9 heavy (non-hydrogen) atoms. The molecule has 0 aromatic heterocycles. The van der Waals surface area contributed by atoms with E-state index in [1.54, 1.807) is 24.3 Å². The first-order valence-corrected chi connectivity index (χ1v) is 2.33. The Bertz CT molecular complexity index is 152. The van der Waals surface area contributed by atoms with Gasteiger partial charge in [-0.1, -0.05) is 0 Å². The molecule has 0 unspecified atom stereocenters. The van der Waals surface area contributed by atoms with Crippen LogP contribution in [0.4, 0.5) is 5.69 Å². The van der Waals surface area contributed by atoms with Crippen LogP contribution in [0.3, 0.4) is 0 Å². The van der Waals surface area contributed by atoms with Gasteiger partial charge in [0.15, 0.2) is 0 Å². The molecule has 0 fully saturated rings. The summed E-state index contributed by atoms with van der Waals surface area (Å²) in [6.07, 6.45) is 0. The number of aromatic hydroxyl groups is 1. The van der Waals surface area contributed by atoms with E-state index in [9.17, 15) is 0 Å². The zero-order valence-corrected chi connectivity index (χ0v) is 4.33. The third-order valence-electron chi connectivity index (χ3n) is 0.893. The number of rotatable bonds is 0. The van der Waals surface area contributed by atoms with E-state index < -0.39 is 0 Å². The van der Waals surface area contributed by atoms with Crippen LogP contribution in [0.1, 0.15) is 0 Å². The zero-order valence-electron chi connectivity index (χ0n) is 4.33. The van der Waals surface area contributed by atoms with Crippen molar-refractivity contribution in [3.05, 3.63) is 24.3 Å². The fourth-order valence-corrected chi connectivity index (χ4v) is 0.474. The molecular weight excluding hydrogens is 142 g/mol. The Labute approximate surface area is 83.7 Å². The summed E-state index contributed by atoms with van der Waals surface area (Å²) in [5.74, 6) is 0.249. The summed E-state index contributed by atoms with van der Waals surface area (Å²) in [6, 6.07) is 6.40. The standard InChI is InChI=1S/C6H7NO.Ca.2H/c7-5-1-3-6(8)4-2-5;;;/h1-4,8H,7H2;;;. The molecule has 3 N–H and O–H groups in total. The van der Waals surface area contributed by atoms with E-state index >= 15 is 0 Å². The Hall–Kier alpha value is 0.0797. The maximum absolute atomic E-state index is 8.70. The Balaban J connectivity index is 0.000000640. The summed E-state index contributed by atoms with van der Waals surface area (Å²) in [6.45, 7) is 0. The van der Waals surface area contributed by atoms with E-state index in [4.69, 9.17) is 10.8 Å². The third kappa shape index (κ3) is 2.94. The SMILES string of the molecule is Nc1ccc(O)cc1.[CaH2]. The summed E-state index contributed by atoms with van der Waals surface area (Å²) < 4.78 is 0. The Morgan fingerprint density at radius 2 is 1.56 bits per heavy atom. The molecule has 0 atom stereocenters. The molecule has 0 spiro atoms. The quantitative estimate of drug-likeness (QED) is 0.313. The molecule has 1 aromatic rings. The number of benzene rings is 1. The van der Waals surface area contributed by atoms with Gasteiger partial charge in [-0.3, -0.25) is 0 Å². The van der Waals surface area contributed by atoms with E-state index in [1.807, 2.05) is 0 Å². The van der Waals surface area contributed by atoms with E-state index in [1.165, 1.54) is 0 Å². The van der Waals surface area contributed by atoms with Gasteiger partial charge in [0.2, 0.25) is 0 Å². The molecule has 0 aliphatic carbocycles. The molecule has 3 heteroatoms. The number of phenolic OH excluding ortho intramolecular Hbond substituents is 1. The van der Waals surface area contributed by atoms with E-state index in [0.717, 1.165) is 0 Å². The Kier molecular flexibility index (Phi) is 4.02. The van der Waals surface area contributed by atoms with Crippen LogP contribution in [0.15, 0.2) is 24.3 Å². The first-order chi connectivity index (χ1) is 3.79.